The van der Waals surface area contributed by atoms with E-state index in [1.165, 1.54) is 0 Å². The van der Waals surface area contributed by atoms with Gasteiger partial charge in [0.1, 0.15) is 5.82 Å². The Kier molecular flexibility index (Phi) is 4.56. The van der Waals surface area contributed by atoms with E-state index in [1.54, 1.807) is 0 Å². The van der Waals surface area contributed by atoms with Crippen molar-refractivity contribution in [2.75, 3.05) is 19.0 Å². The van der Waals surface area contributed by atoms with E-state index in [2.05, 4.69) is 38.8 Å². The predicted molar refractivity (Wildman–Crippen MR) is 80.6 cm³/mol. The average molecular weight is 266 g/mol. The van der Waals surface area contributed by atoms with E-state index in [1.807, 2.05) is 37.2 Å². The zero-order valence-corrected chi connectivity index (χ0v) is 13.7. The van der Waals surface area contributed by atoms with Crippen LogP contribution in [0.2, 0.25) is 18.1 Å². The Morgan fingerprint density at radius 2 is 1.83 bits per heavy atom. The summed E-state index contributed by atoms with van der Waals surface area (Å²) in [6, 6.07) is 6.07. The molecule has 0 N–H and O–H groups in total. The summed E-state index contributed by atoms with van der Waals surface area (Å²) in [4.78, 5) is 6.59. The third-order valence-corrected chi connectivity index (χ3v) is 8.12. The van der Waals surface area contributed by atoms with Crippen LogP contribution >= 0.6 is 0 Å². The number of anilines is 1. The molecule has 18 heavy (non-hydrogen) atoms. The van der Waals surface area contributed by atoms with E-state index in [-0.39, 0.29) is 5.04 Å². The van der Waals surface area contributed by atoms with E-state index in [0.717, 1.165) is 11.5 Å². The summed E-state index contributed by atoms with van der Waals surface area (Å²) in [7, 11) is 2.32. The maximum atomic E-state index is 6.17. The van der Waals surface area contributed by atoms with Crippen LogP contribution in [0.15, 0.2) is 18.2 Å². The number of hydrogen-bond acceptors (Lipinski definition) is 3. The van der Waals surface area contributed by atoms with Crippen molar-refractivity contribution in [1.82, 2.24) is 4.98 Å². The van der Waals surface area contributed by atoms with Gasteiger partial charge >= 0.3 is 0 Å². The minimum Gasteiger partial charge on any atom is -0.411 e. The van der Waals surface area contributed by atoms with Crippen molar-refractivity contribution in [3.8, 4) is 0 Å². The normalized spacial score (nSPS) is 12.6. The molecule has 0 atom stereocenters. The first-order valence-corrected chi connectivity index (χ1v) is 9.31. The minimum atomic E-state index is -1.69. The van der Waals surface area contributed by atoms with Crippen molar-refractivity contribution in [1.29, 1.82) is 0 Å². The number of aromatic nitrogens is 1. The Hall–Kier alpha value is -0.873. The van der Waals surface area contributed by atoms with Crippen LogP contribution < -0.4 is 4.90 Å². The van der Waals surface area contributed by atoms with Crippen molar-refractivity contribution in [3.05, 3.63) is 23.9 Å². The molecular formula is C14H26N2OSi. The highest BCUT2D eigenvalue weighted by molar-refractivity contribution is 6.74. The van der Waals surface area contributed by atoms with E-state index in [0.29, 0.717) is 6.61 Å². The smallest absolute Gasteiger partial charge is 0.192 e. The van der Waals surface area contributed by atoms with Crippen LogP contribution in [0.1, 0.15) is 26.5 Å². The lowest BCUT2D eigenvalue weighted by atomic mass is 10.2. The molecule has 3 nitrogen and oxygen atoms in total. The highest BCUT2D eigenvalue weighted by Gasteiger charge is 2.37. The quantitative estimate of drug-likeness (QED) is 0.778. The van der Waals surface area contributed by atoms with Gasteiger partial charge in [-0.15, -0.1) is 0 Å². The maximum Gasteiger partial charge on any atom is 0.192 e. The van der Waals surface area contributed by atoms with Crippen molar-refractivity contribution in [2.45, 2.75) is 45.5 Å². The summed E-state index contributed by atoms with van der Waals surface area (Å²) in [5, 5.41) is 0.242. The van der Waals surface area contributed by atoms with Crippen molar-refractivity contribution in [2.24, 2.45) is 0 Å². The number of nitrogens with zero attached hydrogens (tertiary/aromatic N) is 2. The zero-order valence-electron chi connectivity index (χ0n) is 12.7. The molecule has 0 fully saturated rings. The average Bonchev–Trinajstić information content (AvgIpc) is 2.25. The second-order valence-corrected chi connectivity index (χ2v) is 11.2. The Morgan fingerprint density at radius 1 is 1.22 bits per heavy atom. The minimum absolute atomic E-state index is 0.242. The zero-order chi connectivity index (χ0) is 14.0. The van der Waals surface area contributed by atoms with Gasteiger partial charge in [0.25, 0.3) is 0 Å². The Balaban J connectivity index is 2.72. The second-order valence-electron chi connectivity index (χ2n) is 6.43. The van der Waals surface area contributed by atoms with Crippen LogP contribution in [0.5, 0.6) is 0 Å². The Morgan fingerprint density at radius 3 is 2.33 bits per heavy atom. The molecule has 0 aromatic carbocycles. The molecule has 4 heteroatoms. The third kappa shape index (κ3) is 3.82. The topological polar surface area (TPSA) is 25.4 Å². The van der Waals surface area contributed by atoms with Crippen LogP contribution in [0.3, 0.4) is 0 Å². The fourth-order valence-electron chi connectivity index (χ4n) is 1.27. The molecule has 1 aromatic heterocycles. The van der Waals surface area contributed by atoms with Gasteiger partial charge in [0.15, 0.2) is 8.32 Å². The molecule has 0 saturated heterocycles. The first-order valence-electron chi connectivity index (χ1n) is 6.41. The maximum absolute atomic E-state index is 6.17. The SMILES string of the molecule is CN(C)c1cccc(CO[Si](C)(C)C(C)(C)C)n1. The first-order chi connectivity index (χ1) is 8.13. The van der Waals surface area contributed by atoms with Crippen molar-refractivity contribution < 1.29 is 4.43 Å². The van der Waals surface area contributed by atoms with Gasteiger partial charge in [0.2, 0.25) is 0 Å². The van der Waals surface area contributed by atoms with Gasteiger partial charge < -0.3 is 9.33 Å². The van der Waals surface area contributed by atoms with Crippen LogP contribution in [-0.4, -0.2) is 27.4 Å². The van der Waals surface area contributed by atoms with Crippen LogP contribution in [0.25, 0.3) is 0 Å². The molecule has 0 saturated carbocycles. The molecule has 102 valence electrons. The second kappa shape index (κ2) is 5.41. The molecule has 1 rings (SSSR count). The lowest BCUT2D eigenvalue weighted by molar-refractivity contribution is 0.272. The lowest BCUT2D eigenvalue weighted by Crippen LogP contribution is -2.40. The summed E-state index contributed by atoms with van der Waals surface area (Å²) in [5.41, 5.74) is 1.01. The highest BCUT2D eigenvalue weighted by atomic mass is 28.4. The predicted octanol–water partition coefficient (Wildman–Crippen LogP) is 3.67. The molecule has 0 aliphatic heterocycles. The summed E-state index contributed by atoms with van der Waals surface area (Å²) in [5.74, 6) is 0.978. The summed E-state index contributed by atoms with van der Waals surface area (Å²) < 4.78 is 6.17. The largest absolute Gasteiger partial charge is 0.411 e. The van der Waals surface area contributed by atoms with Crippen molar-refractivity contribution in [3.63, 3.8) is 0 Å². The van der Waals surface area contributed by atoms with Gasteiger partial charge in [-0.3, -0.25) is 0 Å². The summed E-state index contributed by atoms with van der Waals surface area (Å²) >= 11 is 0. The number of hydrogen-bond donors (Lipinski definition) is 0. The standard InChI is InChI=1S/C14H26N2OSi/c1-14(2,3)18(6,7)17-11-12-9-8-10-13(15-12)16(4)5/h8-10H,11H2,1-7H3. The van der Waals surface area contributed by atoms with Gasteiger partial charge in [-0.05, 0) is 30.3 Å². The fourth-order valence-corrected chi connectivity index (χ4v) is 2.21. The molecule has 0 amide bonds. The monoisotopic (exact) mass is 266 g/mol. The molecule has 0 aliphatic rings. The molecule has 1 heterocycles. The molecule has 0 unspecified atom stereocenters. The van der Waals surface area contributed by atoms with Gasteiger partial charge in [0, 0.05) is 14.1 Å². The summed E-state index contributed by atoms with van der Waals surface area (Å²) in [6.07, 6.45) is 0. The first kappa shape index (κ1) is 15.2. The fraction of sp³-hybridized carbons (Fsp3) is 0.643. The van der Waals surface area contributed by atoms with E-state index >= 15 is 0 Å². The number of pyridine rings is 1. The third-order valence-electron chi connectivity index (χ3n) is 3.64. The van der Waals surface area contributed by atoms with E-state index in [9.17, 15) is 0 Å². The summed E-state index contributed by atoms with van der Waals surface area (Å²) in [6.45, 7) is 11.9. The highest BCUT2D eigenvalue weighted by Crippen LogP contribution is 2.36. The molecular weight excluding hydrogens is 240 g/mol. The molecule has 0 aliphatic carbocycles. The molecule has 0 radical (unpaired) electrons. The van der Waals surface area contributed by atoms with Crippen LogP contribution in [-0.2, 0) is 11.0 Å². The van der Waals surface area contributed by atoms with Gasteiger partial charge in [0.05, 0.1) is 12.3 Å². The van der Waals surface area contributed by atoms with Crippen LogP contribution in [0.4, 0.5) is 5.82 Å². The van der Waals surface area contributed by atoms with Gasteiger partial charge in [-0.1, -0.05) is 26.8 Å². The molecule has 0 bridgehead atoms. The lowest BCUT2D eigenvalue weighted by Gasteiger charge is -2.36. The molecule has 0 spiro atoms. The Bertz CT molecular complexity index is 397. The van der Waals surface area contributed by atoms with Crippen molar-refractivity contribution >= 4 is 14.1 Å². The van der Waals surface area contributed by atoms with Gasteiger partial charge in [-0.25, -0.2) is 4.98 Å². The Labute approximate surface area is 112 Å². The van der Waals surface area contributed by atoms with Gasteiger partial charge in [-0.2, -0.15) is 0 Å². The van der Waals surface area contributed by atoms with E-state index < -0.39 is 8.32 Å². The number of rotatable bonds is 4. The molecule has 1 aromatic rings. The van der Waals surface area contributed by atoms with Crippen LogP contribution in [0, 0.1) is 0 Å². The van der Waals surface area contributed by atoms with E-state index in [4.69, 9.17) is 4.43 Å².